The van der Waals surface area contributed by atoms with Crippen molar-refractivity contribution in [2.24, 2.45) is 0 Å². The van der Waals surface area contributed by atoms with Gasteiger partial charge in [-0.2, -0.15) is 0 Å². The van der Waals surface area contributed by atoms with E-state index in [1.54, 1.807) is 0 Å². The lowest BCUT2D eigenvalue weighted by Gasteiger charge is -2.13. The van der Waals surface area contributed by atoms with Crippen molar-refractivity contribution in [3.8, 4) is 5.75 Å². The first-order chi connectivity index (χ1) is 10.8. The molecule has 2 aromatic rings. The van der Waals surface area contributed by atoms with Gasteiger partial charge in [-0.3, -0.25) is 0 Å². The van der Waals surface area contributed by atoms with Gasteiger partial charge >= 0.3 is 0 Å². The van der Waals surface area contributed by atoms with Gasteiger partial charge in [0.15, 0.2) is 0 Å². The van der Waals surface area contributed by atoms with Crippen LogP contribution in [0, 0.1) is 0 Å². The Morgan fingerprint density at radius 1 is 0.955 bits per heavy atom. The number of hydrogen-bond acceptors (Lipinski definition) is 4. The Balaban J connectivity index is 1.76. The van der Waals surface area contributed by atoms with Crippen molar-refractivity contribution in [1.29, 1.82) is 0 Å². The minimum atomic E-state index is -0.622. The van der Waals surface area contributed by atoms with Crippen LogP contribution in [-0.4, -0.2) is 36.5 Å². The summed E-state index contributed by atoms with van der Waals surface area (Å²) >= 11 is 0. The maximum Gasteiger partial charge on any atom is 0.119 e. The number of nitrogens with one attached hydrogen (secondary N) is 1. The largest absolute Gasteiger partial charge is 0.491 e. The van der Waals surface area contributed by atoms with Gasteiger partial charge in [0.25, 0.3) is 0 Å². The van der Waals surface area contributed by atoms with Gasteiger partial charge in [0.1, 0.15) is 18.5 Å². The van der Waals surface area contributed by atoms with Gasteiger partial charge in [-0.05, 0) is 36.2 Å². The Morgan fingerprint density at radius 2 is 1.68 bits per heavy atom. The summed E-state index contributed by atoms with van der Waals surface area (Å²) in [5.74, 6) is 0.752. The smallest absolute Gasteiger partial charge is 0.119 e. The molecule has 0 aliphatic carbocycles. The highest BCUT2D eigenvalue weighted by atomic mass is 16.5. The maximum atomic E-state index is 10.0. The molecule has 0 saturated carbocycles. The van der Waals surface area contributed by atoms with Crippen LogP contribution in [-0.2, 0) is 6.42 Å². The number of aliphatic hydroxyl groups excluding tert-OH is 2. The number of hydrogen-bond donors (Lipinski definition) is 3. The number of benzene rings is 2. The fourth-order valence-corrected chi connectivity index (χ4v) is 2.14. The predicted octanol–water partition coefficient (Wildman–Crippen LogP) is 1.92. The van der Waals surface area contributed by atoms with Gasteiger partial charge in [0.2, 0.25) is 0 Å². The second-order valence-corrected chi connectivity index (χ2v) is 5.11. The van der Waals surface area contributed by atoms with Gasteiger partial charge < -0.3 is 20.3 Å². The first-order valence-electron chi connectivity index (χ1n) is 7.56. The molecule has 1 unspecified atom stereocenters. The molecular formula is C18H23NO3. The molecule has 0 fully saturated rings. The van der Waals surface area contributed by atoms with E-state index in [1.807, 2.05) is 54.6 Å². The number of aliphatic hydroxyl groups is 2. The van der Waals surface area contributed by atoms with E-state index in [0.29, 0.717) is 6.54 Å². The average molecular weight is 301 g/mol. The van der Waals surface area contributed by atoms with Gasteiger partial charge in [0.05, 0.1) is 6.61 Å². The molecule has 0 saturated heterocycles. The number of rotatable bonds is 9. The standard InChI is InChI=1S/C18H23NO3/c20-13-12-19-11-10-15-6-8-17(9-7-15)22-14-18(21)16-4-2-1-3-5-16/h1-9,18-21H,10-14H2. The van der Waals surface area contributed by atoms with Crippen LogP contribution in [0.15, 0.2) is 54.6 Å². The second-order valence-electron chi connectivity index (χ2n) is 5.11. The van der Waals surface area contributed by atoms with Crippen LogP contribution in [0.1, 0.15) is 17.2 Å². The van der Waals surface area contributed by atoms with Crippen LogP contribution < -0.4 is 10.1 Å². The van der Waals surface area contributed by atoms with Gasteiger partial charge in [-0.15, -0.1) is 0 Å². The SMILES string of the molecule is OCCNCCc1ccc(OCC(O)c2ccccc2)cc1. The second kappa shape index (κ2) is 9.20. The van der Waals surface area contributed by atoms with Crippen molar-refractivity contribution in [1.82, 2.24) is 5.32 Å². The van der Waals surface area contributed by atoms with Crippen molar-refractivity contribution >= 4 is 0 Å². The van der Waals surface area contributed by atoms with E-state index < -0.39 is 6.10 Å². The lowest BCUT2D eigenvalue weighted by molar-refractivity contribution is 0.108. The summed E-state index contributed by atoms with van der Waals surface area (Å²) in [4.78, 5) is 0. The van der Waals surface area contributed by atoms with Crippen molar-refractivity contribution < 1.29 is 14.9 Å². The van der Waals surface area contributed by atoms with E-state index in [-0.39, 0.29) is 13.2 Å². The molecule has 0 bridgehead atoms. The summed E-state index contributed by atoms with van der Waals surface area (Å²) in [5, 5.41) is 21.9. The molecule has 4 nitrogen and oxygen atoms in total. The topological polar surface area (TPSA) is 61.7 Å². The lowest BCUT2D eigenvalue weighted by atomic mass is 10.1. The van der Waals surface area contributed by atoms with E-state index in [1.165, 1.54) is 5.56 Å². The van der Waals surface area contributed by atoms with E-state index in [4.69, 9.17) is 9.84 Å². The highest BCUT2D eigenvalue weighted by molar-refractivity contribution is 5.27. The van der Waals surface area contributed by atoms with E-state index in [9.17, 15) is 5.11 Å². The monoisotopic (exact) mass is 301 g/mol. The maximum absolute atomic E-state index is 10.0. The van der Waals surface area contributed by atoms with Crippen LogP contribution in [0.25, 0.3) is 0 Å². The van der Waals surface area contributed by atoms with Crippen molar-refractivity contribution in [3.05, 3.63) is 65.7 Å². The summed E-state index contributed by atoms with van der Waals surface area (Å²) < 4.78 is 5.62. The molecule has 0 amide bonds. The molecule has 22 heavy (non-hydrogen) atoms. The van der Waals surface area contributed by atoms with Crippen LogP contribution in [0.5, 0.6) is 5.75 Å². The summed E-state index contributed by atoms with van der Waals surface area (Å²) in [6.45, 7) is 1.87. The van der Waals surface area contributed by atoms with E-state index >= 15 is 0 Å². The third-order valence-corrected chi connectivity index (χ3v) is 3.39. The quantitative estimate of drug-likeness (QED) is 0.619. The lowest BCUT2D eigenvalue weighted by Crippen LogP contribution is -2.20. The Hall–Kier alpha value is -1.88. The molecule has 0 radical (unpaired) electrons. The first kappa shape index (κ1) is 16.5. The minimum absolute atomic E-state index is 0.163. The molecule has 4 heteroatoms. The molecule has 0 aliphatic rings. The van der Waals surface area contributed by atoms with Gasteiger partial charge in [-0.25, -0.2) is 0 Å². The molecule has 2 aromatic carbocycles. The molecule has 118 valence electrons. The normalized spacial score (nSPS) is 12.1. The van der Waals surface area contributed by atoms with Gasteiger partial charge in [0, 0.05) is 6.54 Å². The summed E-state index contributed by atoms with van der Waals surface area (Å²) in [6.07, 6.45) is 0.288. The minimum Gasteiger partial charge on any atom is -0.491 e. The Kier molecular flexibility index (Phi) is 6.90. The van der Waals surface area contributed by atoms with Crippen molar-refractivity contribution in [3.63, 3.8) is 0 Å². The Labute approximate surface area is 131 Å². The molecule has 2 rings (SSSR count). The molecule has 3 N–H and O–H groups in total. The average Bonchev–Trinajstić information content (AvgIpc) is 2.58. The number of ether oxygens (including phenoxy) is 1. The molecule has 0 heterocycles. The zero-order chi connectivity index (χ0) is 15.6. The molecule has 1 atom stereocenters. The first-order valence-corrected chi connectivity index (χ1v) is 7.56. The third kappa shape index (κ3) is 5.48. The van der Waals surface area contributed by atoms with E-state index in [0.717, 1.165) is 24.3 Å². The zero-order valence-corrected chi connectivity index (χ0v) is 12.6. The zero-order valence-electron chi connectivity index (χ0n) is 12.6. The highest BCUT2D eigenvalue weighted by Gasteiger charge is 2.07. The van der Waals surface area contributed by atoms with E-state index in [2.05, 4.69) is 5.32 Å². The summed E-state index contributed by atoms with van der Waals surface area (Å²) in [6, 6.07) is 17.4. The summed E-state index contributed by atoms with van der Waals surface area (Å²) in [5.41, 5.74) is 2.07. The molecular weight excluding hydrogens is 278 g/mol. The van der Waals surface area contributed by atoms with Crippen molar-refractivity contribution in [2.45, 2.75) is 12.5 Å². The van der Waals surface area contributed by atoms with Crippen LogP contribution in [0.4, 0.5) is 0 Å². The van der Waals surface area contributed by atoms with Crippen LogP contribution in [0.3, 0.4) is 0 Å². The summed E-state index contributed by atoms with van der Waals surface area (Å²) in [7, 11) is 0. The third-order valence-electron chi connectivity index (χ3n) is 3.39. The van der Waals surface area contributed by atoms with Crippen molar-refractivity contribution in [2.75, 3.05) is 26.3 Å². The van der Waals surface area contributed by atoms with Crippen LogP contribution >= 0.6 is 0 Å². The van der Waals surface area contributed by atoms with Crippen LogP contribution in [0.2, 0.25) is 0 Å². The Bertz CT molecular complexity index is 528. The fraction of sp³-hybridized carbons (Fsp3) is 0.333. The Morgan fingerprint density at radius 3 is 2.36 bits per heavy atom. The fourth-order valence-electron chi connectivity index (χ4n) is 2.14. The molecule has 0 aromatic heterocycles. The predicted molar refractivity (Wildman–Crippen MR) is 87.0 cm³/mol. The molecule has 0 aliphatic heterocycles. The highest BCUT2D eigenvalue weighted by Crippen LogP contribution is 2.17. The molecule has 0 spiro atoms. The van der Waals surface area contributed by atoms with Gasteiger partial charge in [-0.1, -0.05) is 42.5 Å².